The first-order valence-corrected chi connectivity index (χ1v) is 10.1. The molecule has 0 bridgehead atoms. The van der Waals surface area contributed by atoms with Crippen LogP contribution < -0.4 is 0 Å². The maximum atomic E-state index is 14.3. The molecular weight excluding hydrogens is 378 g/mol. The minimum atomic E-state index is -3.33. The molecule has 0 aliphatic heterocycles. The van der Waals surface area contributed by atoms with Gasteiger partial charge in [0.05, 0.1) is 22.3 Å². The van der Waals surface area contributed by atoms with E-state index in [2.05, 4.69) is 10.1 Å². The number of aromatic nitrogens is 3. The number of halogens is 1. The predicted molar refractivity (Wildman–Crippen MR) is 97.0 cm³/mol. The van der Waals surface area contributed by atoms with Crippen LogP contribution in [-0.2, 0) is 20.3 Å². The second kappa shape index (κ2) is 7.46. The molecule has 11 heteroatoms. The highest BCUT2D eigenvalue weighted by molar-refractivity contribution is 7.52. The summed E-state index contributed by atoms with van der Waals surface area (Å²) in [6.07, 6.45) is 0.989. The number of rotatable bonds is 6. The molecule has 0 N–H and O–H groups in total. The average molecular weight is 400 g/mol. The van der Waals surface area contributed by atoms with Gasteiger partial charge in [0.2, 0.25) is 0 Å². The van der Waals surface area contributed by atoms with E-state index in [0.29, 0.717) is 17.0 Å². The van der Waals surface area contributed by atoms with Crippen LogP contribution in [0.15, 0.2) is 12.3 Å². The van der Waals surface area contributed by atoms with E-state index in [9.17, 15) is 19.1 Å². The Balaban J connectivity index is 2.30. The monoisotopic (exact) mass is 400 g/mol. The van der Waals surface area contributed by atoms with Gasteiger partial charge < -0.3 is 4.52 Å². The van der Waals surface area contributed by atoms with Crippen LogP contribution in [-0.4, -0.2) is 32.0 Å². The quantitative estimate of drug-likeness (QED) is 0.406. The maximum Gasteiger partial charge on any atom is 0.329 e. The summed E-state index contributed by atoms with van der Waals surface area (Å²) in [6, 6.07) is 0.812. The van der Waals surface area contributed by atoms with Gasteiger partial charge in [-0.2, -0.15) is 5.10 Å². The van der Waals surface area contributed by atoms with Crippen LogP contribution in [0.4, 0.5) is 10.1 Å². The molecule has 2 rings (SSSR count). The van der Waals surface area contributed by atoms with Gasteiger partial charge in [-0.1, -0.05) is 0 Å². The van der Waals surface area contributed by atoms with Gasteiger partial charge in [0.15, 0.2) is 5.82 Å². The van der Waals surface area contributed by atoms with Crippen molar-refractivity contribution in [2.75, 3.05) is 6.66 Å². The third kappa shape index (κ3) is 5.18. The minimum Gasteiger partial charge on any atom is -0.303 e. The Hall–Kier alpha value is -2.16. The first-order chi connectivity index (χ1) is 12.3. The molecule has 0 aliphatic rings. The molecule has 2 aromatic heterocycles. The molecule has 0 aromatic carbocycles. The van der Waals surface area contributed by atoms with Crippen LogP contribution in [0.1, 0.15) is 32.2 Å². The van der Waals surface area contributed by atoms with E-state index >= 15 is 0 Å². The van der Waals surface area contributed by atoms with Crippen LogP contribution in [0.3, 0.4) is 0 Å². The Morgan fingerprint density at radius 3 is 2.52 bits per heavy atom. The fourth-order valence-corrected chi connectivity index (χ4v) is 3.93. The van der Waals surface area contributed by atoms with Gasteiger partial charge in [0, 0.05) is 17.9 Å². The highest BCUT2D eigenvalue weighted by atomic mass is 31.2. The zero-order valence-corrected chi connectivity index (χ0v) is 16.9. The molecule has 1 unspecified atom stereocenters. The van der Waals surface area contributed by atoms with E-state index in [-0.39, 0.29) is 12.4 Å². The molecule has 0 radical (unpaired) electrons. The fraction of sp³-hybridized carbons (Fsp3) is 0.500. The third-order valence-electron chi connectivity index (χ3n) is 3.51. The van der Waals surface area contributed by atoms with Crippen LogP contribution in [0.5, 0.6) is 0 Å². The van der Waals surface area contributed by atoms with E-state index < -0.39 is 29.6 Å². The second-order valence-electron chi connectivity index (χ2n) is 7.06. The molecule has 0 amide bonds. The number of nitro groups is 1. The van der Waals surface area contributed by atoms with Crippen molar-refractivity contribution in [1.82, 2.24) is 14.8 Å². The van der Waals surface area contributed by atoms with Crippen molar-refractivity contribution in [3.63, 3.8) is 0 Å². The van der Waals surface area contributed by atoms with Crippen molar-refractivity contribution in [2.45, 2.75) is 47.0 Å². The number of hydrogen-bond acceptors (Lipinski definition) is 7. The lowest BCUT2D eigenvalue weighted by Gasteiger charge is -2.24. The standard InChI is InChI=1S/C16H22FN4O5P/c1-10-14(15-13(17)7-12(8-18-15)21(22)23)11(2)20(19-10)9-25-27(6,24)26-16(3,4)5/h7-8H,9H2,1-6H3. The molecule has 2 aromatic rings. The summed E-state index contributed by atoms with van der Waals surface area (Å²) >= 11 is 0. The Labute approximate surface area is 156 Å². The zero-order valence-electron chi connectivity index (χ0n) is 16.0. The molecule has 0 saturated heterocycles. The van der Waals surface area contributed by atoms with Gasteiger partial charge in [0.25, 0.3) is 5.69 Å². The molecule has 27 heavy (non-hydrogen) atoms. The zero-order chi connectivity index (χ0) is 20.6. The molecule has 0 fully saturated rings. The topological polar surface area (TPSA) is 109 Å². The summed E-state index contributed by atoms with van der Waals surface area (Å²) in [5.74, 6) is -0.826. The third-order valence-corrected chi connectivity index (χ3v) is 4.97. The van der Waals surface area contributed by atoms with Crippen LogP contribution in [0.2, 0.25) is 0 Å². The first-order valence-electron chi connectivity index (χ1n) is 8.08. The lowest BCUT2D eigenvalue weighted by Crippen LogP contribution is -2.18. The Kier molecular flexibility index (Phi) is 5.84. The van der Waals surface area contributed by atoms with E-state index in [0.717, 1.165) is 12.3 Å². The normalized spacial score (nSPS) is 14.2. The molecule has 1 atom stereocenters. The number of aryl methyl sites for hydroxylation is 1. The van der Waals surface area contributed by atoms with Crippen molar-refractivity contribution in [3.05, 3.63) is 39.6 Å². The Bertz CT molecular complexity index is 922. The summed E-state index contributed by atoms with van der Waals surface area (Å²) in [4.78, 5) is 13.9. The predicted octanol–water partition coefficient (Wildman–Crippen LogP) is 4.22. The molecular formula is C16H22FN4O5P. The van der Waals surface area contributed by atoms with E-state index in [1.165, 1.54) is 11.3 Å². The molecule has 9 nitrogen and oxygen atoms in total. The lowest BCUT2D eigenvalue weighted by atomic mass is 10.1. The minimum absolute atomic E-state index is 0.0486. The number of nitrogens with zero attached hydrogens (tertiary/aromatic N) is 4. The summed E-state index contributed by atoms with van der Waals surface area (Å²) in [5, 5.41) is 15.0. The Morgan fingerprint density at radius 1 is 1.37 bits per heavy atom. The number of hydrogen-bond donors (Lipinski definition) is 0. The highest BCUT2D eigenvalue weighted by Crippen LogP contribution is 2.48. The van der Waals surface area contributed by atoms with Crippen molar-refractivity contribution < 1.29 is 22.9 Å². The van der Waals surface area contributed by atoms with Gasteiger partial charge in [-0.25, -0.2) is 14.1 Å². The molecule has 0 saturated carbocycles. The molecule has 148 valence electrons. The molecule has 2 heterocycles. The van der Waals surface area contributed by atoms with Crippen LogP contribution in [0, 0.1) is 29.8 Å². The Morgan fingerprint density at radius 2 is 2.00 bits per heavy atom. The SMILES string of the molecule is Cc1nn(COP(C)(=O)OC(C)(C)C)c(C)c1-c1ncc([N+](=O)[O-])cc1F. The smallest absolute Gasteiger partial charge is 0.303 e. The van der Waals surface area contributed by atoms with E-state index in [1.807, 2.05) is 0 Å². The second-order valence-corrected chi connectivity index (χ2v) is 9.04. The highest BCUT2D eigenvalue weighted by Gasteiger charge is 2.27. The average Bonchev–Trinajstić information content (AvgIpc) is 2.77. The molecule has 0 spiro atoms. The van der Waals surface area contributed by atoms with Gasteiger partial charge in [-0.15, -0.1) is 0 Å². The van der Waals surface area contributed by atoms with Gasteiger partial charge in [-0.3, -0.25) is 19.2 Å². The van der Waals surface area contributed by atoms with Gasteiger partial charge in [-0.05, 0) is 34.6 Å². The van der Waals surface area contributed by atoms with E-state index in [1.54, 1.807) is 34.6 Å². The van der Waals surface area contributed by atoms with Crippen LogP contribution in [0.25, 0.3) is 11.3 Å². The summed E-state index contributed by atoms with van der Waals surface area (Å²) in [6.45, 7) is 9.81. The summed E-state index contributed by atoms with van der Waals surface area (Å²) < 4.78 is 39.0. The van der Waals surface area contributed by atoms with Crippen molar-refractivity contribution in [1.29, 1.82) is 0 Å². The van der Waals surface area contributed by atoms with Crippen LogP contribution >= 0.6 is 7.60 Å². The lowest BCUT2D eigenvalue weighted by molar-refractivity contribution is -0.385. The summed E-state index contributed by atoms with van der Waals surface area (Å²) in [7, 11) is -3.33. The van der Waals surface area contributed by atoms with Crippen molar-refractivity contribution in [3.8, 4) is 11.3 Å². The number of pyridine rings is 1. The molecule has 0 aliphatic carbocycles. The van der Waals surface area contributed by atoms with Crippen molar-refractivity contribution >= 4 is 13.3 Å². The first kappa shape index (κ1) is 21.1. The van der Waals surface area contributed by atoms with E-state index in [4.69, 9.17) is 9.05 Å². The van der Waals surface area contributed by atoms with Crippen molar-refractivity contribution in [2.24, 2.45) is 0 Å². The maximum absolute atomic E-state index is 14.3. The van der Waals surface area contributed by atoms with Gasteiger partial charge >= 0.3 is 7.60 Å². The summed E-state index contributed by atoms with van der Waals surface area (Å²) in [5.41, 5.74) is 0.244. The largest absolute Gasteiger partial charge is 0.329 e. The fourth-order valence-electron chi connectivity index (χ4n) is 2.56. The van der Waals surface area contributed by atoms with Gasteiger partial charge in [0.1, 0.15) is 18.6 Å².